The van der Waals surface area contributed by atoms with Crippen molar-refractivity contribution in [1.29, 1.82) is 10.5 Å². The standard InChI is InChI=1S/C26H33N7O5S2.C25H31N7O5S2.C23H28N8O2S.C22H26N6O6S2/c1-5-38-24(35)23-17(4)28-26(39-23)31-25-29-21(13-22(30-25)33-12-6-7-20(34)15-33)27-14-18-8-10-19(11-9-18)32-40(36,37)16(2)3;1-4-37-23(34)21-15(2)28-25(38-21)31-24-29-19(27-14-16-5-7-18(8-6-16)39(3,35)36)13-20(30-24)32-11-9-17(10-12-32)22(26)33;1-3-33-21(32)20-15(2)26-23(34-20)29-22-27-18(30-8-4-16(13-24)5-9-30)12-19(28-22)31-10-6-17(14-25)7-11-31;1-3-34-20(29)19-14(2)24-22(35-19)27-21-25-17(12-18(26-21)28-8-10-33-11-9-28)23-13-15-4-6-16(7-5-15)36(30,31)32/h8-11,13,16,32H,5-7,12,14-15H2,1-4H3,(H2,27,28,29,30,31);5-8,13,17H,4,9-12,14H2,1-3H3,(H2,26,33)(H2,27,28,29,30,31);12,16-17H,3-11H2,1-2H3,(H,26,27,28,29);4-7,12H,3,8-11,13H2,1-2H3,(H,30,31,32)(H2,23,24,25,26,27). The Morgan fingerprint density at radius 2 is 0.765 bits per heavy atom. The maximum Gasteiger partial charge on any atom is 0.350 e. The second-order valence-electron chi connectivity index (χ2n) is 34.9. The molecular formula is C96H118N28O18S7. The van der Waals surface area contributed by atoms with E-state index >= 15 is 0 Å². The highest BCUT2D eigenvalue weighted by Gasteiger charge is 2.32. The number of ether oxygens (including phenoxy) is 5. The predicted molar refractivity (Wildman–Crippen MR) is 569 cm³/mol. The Kier molecular flexibility index (Phi) is 39.1. The number of aryl methyl sites for hydroxylation is 4. The van der Waals surface area contributed by atoms with Crippen molar-refractivity contribution in [3.05, 3.63) is 156 Å². The number of piperidine rings is 4. The Hall–Kier alpha value is -14.3. The van der Waals surface area contributed by atoms with Crippen LogP contribution in [0.25, 0.3) is 0 Å². The number of carbonyl (C=O) groups is 6. The number of benzene rings is 3. The lowest BCUT2D eigenvalue weighted by Crippen LogP contribution is -2.39. The number of esters is 4. The van der Waals surface area contributed by atoms with Crippen molar-refractivity contribution in [2.75, 3.05) is 178 Å². The molecule has 0 unspecified atom stereocenters. The van der Waals surface area contributed by atoms with Crippen molar-refractivity contribution in [3.63, 3.8) is 0 Å². The number of nitrogens with one attached hydrogen (secondary N) is 8. The Bertz CT molecular complexity index is 6950. The van der Waals surface area contributed by atoms with Crippen LogP contribution in [0.5, 0.6) is 0 Å². The molecule has 46 nitrogen and oxygen atoms in total. The van der Waals surface area contributed by atoms with E-state index in [2.05, 4.69) is 124 Å². The lowest BCUT2D eigenvalue weighted by atomic mass is 9.96. The van der Waals surface area contributed by atoms with E-state index in [1.54, 1.807) is 124 Å². The predicted octanol–water partition coefficient (Wildman–Crippen LogP) is 13.5. The van der Waals surface area contributed by atoms with Gasteiger partial charge in [-0.25, -0.2) is 55.9 Å². The number of sulfone groups is 1. The number of morpholine rings is 1. The van der Waals surface area contributed by atoms with Crippen LogP contribution < -0.4 is 72.2 Å². The highest BCUT2D eigenvalue weighted by Crippen LogP contribution is 2.37. The summed E-state index contributed by atoms with van der Waals surface area (Å²) < 4.78 is 108. The van der Waals surface area contributed by atoms with E-state index in [1.807, 2.05) is 35.2 Å². The average Bonchev–Trinajstić information content (AvgIpc) is 1.24. The normalized spacial score (nSPS) is 14.7. The van der Waals surface area contributed by atoms with Gasteiger partial charge in [-0.2, -0.15) is 58.8 Å². The van der Waals surface area contributed by atoms with Gasteiger partial charge in [0.2, 0.25) is 39.7 Å². The summed E-state index contributed by atoms with van der Waals surface area (Å²) in [5.41, 5.74) is 10.8. The zero-order chi connectivity index (χ0) is 107. The number of nitrogens with zero attached hydrogens (tertiary/aromatic N) is 19. The van der Waals surface area contributed by atoms with E-state index in [0.29, 0.717) is 207 Å². The Labute approximate surface area is 878 Å². The van der Waals surface area contributed by atoms with Crippen molar-refractivity contribution < 1.29 is 82.3 Å². The van der Waals surface area contributed by atoms with Crippen molar-refractivity contribution in [2.45, 2.75) is 155 Å². The van der Waals surface area contributed by atoms with E-state index in [1.165, 1.54) is 29.7 Å². The zero-order valence-corrected chi connectivity index (χ0v) is 89.7. The molecular weight excluding hydrogens is 2060 g/mol. The Morgan fingerprint density at radius 3 is 1.08 bits per heavy atom. The number of ketones is 1. The summed E-state index contributed by atoms with van der Waals surface area (Å²) in [5.74, 6) is 4.56. The summed E-state index contributed by atoms with van der Waals surface area (Å²) in [4.78, 5) is 140. The Morgan fingerprint density at radius 1 is 0.450 bits per heavy atom. The van der Waals surface area contributed by atoms with Crippen LogP contribution >= 0.6 is 45.3 Å². The number of Topliss-reactive ketones (excluding diaryl/α,β-unsaturated/α-hetero) is 1. The molecule has 11 aromatic rings. The molecule has 0 atom stereocenters. The fourth-order valence-corrected chi connectivity index (χ4v) is 20.9. The average molecular weight is 2180 g/mol. The molecule has 0 radical (unpaired) electrons. The fraction of sp³-hybridized carbons (Fsp3) is 0.438. The third-order valence-electron chi connectivity index (χ3n) is 23.7. The first-order chi connectivity index (χ1) is 71.3. The molecule has 11 N–H and O–H groups in total. The number of sulfonamides is 1. The highest BCUT2D eigenvalue weighted by molar-refractivity contribution is 7.93. The van der Waals surface area contributed by atoms with Crippen LogP contribution in [-0.4, -0.2) is 242 Å². The van der Waals surface area contributed by atoms with Gasteiger partial charge >= 0.3 is 23.9 Å². The summed E-state index contributed by atoms with van der Waals surface area (Å²) in [6.45, 7) is 27.2. The summed E-state index contributed by atoms with van der Waals surface area (Å²) in [6.07, 6.45) is 6.95. The molecule has 13 heterocycles. The largest absolute Gasteiger partial charge is 0.462 e. The number of thiazole rings is 4. The third-order valence-corrected chi connectivity index (χ3v) is 31.7. The maximum atomic E-state index is 12.2. The van der Waals surface area contributed by atoms with E-state index in [-0.39, 0.29) is 83.5 Å². The first-order valence-corrected chi connectivity index (χ1v) is 56.3. The van der Waals surface area contributed by atoms with Crippen LogP contribution in [-0.2, 0) is 82.9 Å². The third kappa shape index (κ3) is 31.9. The van der Waals surface area contributed by atoms with E-state index < -0.39 is 53.1 Å². The first-order valence-electron chi connectivity index (χ1n) is 48.1. The van der Waals surface area contributed by atoms with Crippen molar-refractivity contribution in [2.24, 2.45) is 23.5 Å². The van der Waals surface area contributed by atoms with Crippen LogP contribution in [0.15, 0.2) is 107 Å². The minimum Gasteiger partial charge on any atom is -0.462 e. The molecule has 5 aliphatic heterocycles. The van der Waals surface area contributed by atoms with E-state index in [9.17, 15) is 64.5 Å². The lowest BCUT2D eigenvalue weighted by Gasteiger charge is -2.33. The van der Waals surface area contributed by atoms with Crippen LogP contribution in [0.1, 0.15) is 171 Å². The van der Waals surface area contributed by atoms with Gasteiger partial charge in [0.25, 0.3) is 10.1 Å². The van der Waals surface area contributed by atoms with Gasteiger partial charge in [-0.15, -0.1) is 0 Å². The molecule has 0 saturated carbocycles. The summed E-state index contributed by atoms with van der Waals surface area (Å²) >= 11 is 4.69. The molecule has 0 aliphatic carbocycles. The topological polar surface area (TPSA) is 612 Å². The number of anilines is 17. The van der Waals surface area contributed by atoms with Gasteiger partial charge in [0.05, 0.1) is 96.1 Å². The molecule has 792 valence electrons. The van der Waals surface area contributed by atoms with Gasteiger partial charge < -0.3 is 69.9 Å². The molecule has 3 aromatic carbocycles. The molecule has 53 heteroatoms. The lowest BCUT2D eigenvalue weighted by molar-refractivity contribution is -0.122. The zero-order valence-electron chi connectivity index (χ0n) is 84.0. The fourth-order valence-electron chi connectivity index (χ4n) is 15.6. The number of nitriles is 2. The van der Waals surface area contributed by atoms with Gasteiger partial charge in [-0.3, -0.25) is 40.1 Å². The number of carbonyl (C=O) groups excluding carboxylic acids is 6. The molecule has 149 heavy (non-hydrogen) atoms. The Balaban J connectivity index is 0.000000166. The molecule has 8 aromatic heterocycles. The summed E-state index contributed by atoms with van der Waals surface area (Å²) in [6, 6.07) is 31.7. The number of primary amides is 1. The van der Waals surface area contributed by atoms with Crippen LogP contribution in [0.4, 0.5) is 96.5 Å². The minimum atomic E-state index is -4.25. The van der Waals surface area contributed by atoms with Crippen LogP contribution in [0.2, 0.25) is 0 Å². The molecule has 16 rings (SSSR count). The maximum absolute atomic E-state index is 12.2. The van der Waals surface area contributed by atoms with Gasteiger partial charge in [-0.1, -0.05) is 81.7 Å². The summed E-state index contributed by atoms with van der Waals surface area (Å²) in [5, 5.41) is 42.0. The number of nitrogens with two attached hydrogens (primary N) is 1. The number of hydrogen-bond donors (Lipinski definition) is 10. The minimum absolute atomic E-state index is 0.0831. The monoisotopic (exact) mass is 2170 g/mol. The molecule has 1 amide bonds. The second-order valence-corrected chi connectivity index (χ2v) is 44.6. The number of amides is 1. The quantitative estimate of drug-likeness (QED) is 0.00990. The van der Waals surface area contributed by atoms with Gasteiger partial charge in [0, 0.05) is 139 Å². The smallest absolute Gasteiger partial charge is 0.350 e. The van der Waals surface area contributed by atoms with Gasteiger partial charge in [-0.05, 0) is 167 Å². The van der Waals surface area contributed by atoms with E-state index in [4.69, 9.17) is 43.9 Å². The summed E-state index contributed by atoms with van der Waals surface area (Å²) in [7, 11) is -11.0. The van der Waals surface area contributed by atoms with Crippen molar-refractivity contribution >= 4 is 207 Å². The van der Waals surface area contributed by atoms with Crippen molar-refractivity contribution in [1.82, 2.24) is 59.8 Å². The molecule has 5 saturated heterocycles. The van der Waals surface area contributed by atoms with E-state index in [0.717, 1.165) is 121 Å². The van der Waals surface area contributed by atoms with Gasteiger partial charge in [0.1, 0.15) is 66.1 Å². The highest BCUT2D eigenvalue weighted by atomic mass is 32.2. The SMILES string of the molecule is CCOC(=O)c1sc(Nc2nc(N3CCC(C#N)CC3)cc(N3CCC(C#N)CC3)n2)nc1C.CCOC(=O)c1sc(Nc2nc(NCc3ccc(NS(=O)(=O)C(C)C)cc3)cc(N3CCCC(=O)C3)n2)nc1C.CCOC(=O)c1sc(Nc2nc(NCc3ccc(S(=O)(=O)O)cc3)cc(N3CCOCC3)n2)nc1C.CCOC(=O)c1sc(Nc2nc(NCc3ccc(S(C)(=O)=O)cc3)cc(N3CCC(C(N)=O)CC3)n2)nc1C. The van der Waals surface area contributed by atoms with Crippen molar-refractivity contribution in [3.8, 4) is 12.1 Å². The number of rotatable bonds is 36. The number of hydrogen-bond acceptors (Lipinski definition) is 47. The second kappa shape index (κ2) is 52.0. The molecule has 0 bridgehead atoms. The van der Waals surface area contributed by atoms with Gasteiger partial charge in [0.15, 0.2) is 36.1 Å². The van der Waals surface area contributed by atoms with Crippen LogP contribution in [0, 0.1) is 68.1 Å². The first kappa shape index (κ1) is 112. The number of aromatic nitrogens is 12. The molecule has 5 aliphatic rings. The molecule has 0 spiro atoms. The molecule has 5 fully saturated rings. The van der Waals surface area contributed by atoms with Crippen LogP contribution in [0.3, 0.4) is 0 Å².